The molecule has 0 radical (unpaired) electrons. The van der Waals surface area contributed by atoms with E-state index in [1.165, 1.54) is 0 Å². The molecule has 0 aromatic heterocycles. The van der Waals surface area contributed by atoms with E-state index in [2.05, 4.69) is 21.2 Å². The van der Waals surface area contributed by atoms with Crippen LogP contribution in [-0.2, 0) is 16.1 Å². The molecule has 5 nitrogen and oxygen atoms in total. The van der Waals surface area contributed by atoms with Crippen molar-refractivity contribution in [2.75, 3.05) is 0 Å². The fourth-order valence-corrected chi connectivity index (χ4v) is 2.91. The van der Waals surface area contributed by atoms with E-state index in [0.717, 1.165) is 10.0 Å². The van der Waals surface area contributed by atoms with Crippen molar-refractivity contribution in [2.24, 2.45) is 0 Å². The summed E-state index contributed by atoms with van der Waals surface area (Å²) in [6.45, 7) is 0.0978. The zero-order chi connectivity index (χ0) is 17.5. The van der Waals surface area contributed by atoms with Crippen LogP contribution in [0.25, 0.3) is 0 Å². The zero-order valence-corrected chi connectivity index (χ0v) is 14.9. The number of carbonyl (C=O) groups is 2. The number of ether oxygens (including phenoxy) is 1. The summed E-state index contributed by atoms with van der Waals surface area (Å²) >= 11 is 9.43. The van der Waals surface area contributed by atoms with Gasteiger partial charge in [0.05, 0.1) is 12.5 Å². The van der Waals surface area contributed by atoms with E-state index in [4.69, 9.17) is 21.4 Å². The van der Waals surface area contributed by atoms with E-state index in [-0.39, 0.29) is 13.0 Å². The van der Waals surface area contributed by atoms with Gasteiger partial charge in [-0.25, -0.2) is 4.79 Å². The third kappa shape index (κ3) is 5.54. The lowest BCUT2D eigenvalue weighted by Crippen LogP contribution is -2.30. The Hall–Kier alpha value is -2.05. The second-order valence-corrected chi connectivity index (χ2v) is 6.35. The minimum Gasteiger partial charge on any atom is -0.481 e. The molecule has 0 heterocycles. The number of carboxylic acid groups (broad SMARTS) is 1. The van der Waals surface area contributed by atoms with Crippen molar-refractivity contribution in [1.29, 1.82) is 0 Å². The first-order chi connectivity index (χ1) is 11.5. The zero-order valence-electron chi connectivity index (χ0n) is 12.5. The molecule has 7 heteroatoms. The van der Waals surface area contributed by atoms with Gasteiger partial charge in [-0.05, 0) is 23.3 Å². The van der Waals surface area contributed by atoms with E-state index >= 15 is 0 Å². The van der Waals surface area contributed by atoms with Gasteiger partial charge in [0.2, 0.25) is 0 Å². The van der Waals surface area contributed by atoms with Gasteiger partial charge in [0, 0.05) is 9.50 Å². The number of hydrogen-bond acceptors (Lipinski definition) is 3. The Labute approximate surface area is 152 Å². The van der Waals surface area contributed by atoms with E-state index in [9.17, 15) is 9.59 Å². The minimum atomic E-state index is -1.05. The van der Waals surface area contributed by atoms with Crippen LogP contribution in [0.3, 0.4) is 0 Å². The number of benzene rings is 2. The van der Waals surface area contributed by atoms with E-state index in [1.807, 2.05) is 30.3 Å². The lowest BCUT2D eigenvalue weighted by atomic mass is 10.0. The monoisotopic (exact) mass is 411 g/mol. The second kappa shape index (κ2) is 8.70. The van der Waals surface area contributed by atoms with Crippen LogP contribution in [0.2, 0.25) is 5.02 Å². The summed E-state index contributed by atoms with van der Waals surface area (Å²) < 4.78 is 5.89. The van der Waals surface area contributed by atoms with Crippen LogP contribution in [0.15, 0.2) is 53.0 Å². The molecular weight excluding hydrogens is 398 g/mol. The SMILES string of the molecule is O=C(O)C[C@H](NC(=O)OCc1ccccc1)c1ccc(Br)cc1Cl. The molecular formula is C17H15BrClNO4. The Morgan fingerprint density at radius 1 is 1.21 bits per heavy atom. The number of aliphatic carboxylic acids is 1. The van der Waals surface area contributed by atoms with Gasteiger partial charge in [0.1, 0.15) is 6.61 Å². The maximum absolute atomic E-state index is 12.0. The maximum atomic E-state index is 12.0. The number of nitrogens with one attached hydrogen (secondary N) is 1. The van der Waals surface area contributed by atoms with Crippen molar-refractivity contribution >= 4 is 39.6 Å². The molecule has 2 aromatic rings. The van der Waals surface area contributed by atoms with E-state index in [0.29, 0.717) is 10.6 Å². The Kier molecular flexibility index (Phi) is 6.63. The molecule has 0 fully saturated rings. The van der Waals surface area contributed by atoms with Crippen molar-refractivity contribution in [3.63, 3.8) is 0 Å². The summed E-state index contributed by atoms with van der Waals surface area (Å²) in [6.07, 6.45) is -1.01. The third-order valence-electron chi connectivity index (χ3n) is 3.22. The normalized spacial score (nSPS) is 11.6. The molecule has 0 saturated heterocycles. The highest BCUT2D eigenvalue weighted by atomic mass is 79.9. The highest BCUT2D eigenvalue weighted by molar-refractivity contribution is 9.10. The molecule has 126 valence electrons. The number of halogens is 2. The van der Waals surface area contributed by atoms with Gasteiger partial charge < -0.3 is 15.2 Å². The average molecular weight is 413 g/mol. The summed E-state index contributed by atoms with van der Waals surface area (Å²) in [5.41, 5.74) is 1.35. The van der Waals surface area contributed by atoms with Gasteiger partial charge in [-0.3, -0.25) is 4.79 Å². The Morgan fingerprint density at radius 3 is 2.54 bits per heavy atom. The number of carboxylic acids is 1. The molecule has 0 aliphatic carbocycles. The van der Waals surface area contributed by atoms with Crippen LogP contribution < -0.4 is 5.32 Å². The first kappa shape index (κ1) is 18.3. The molecule has 24 heavy (non-hydrogen) atoms. The minimum absolute atomic E-state index is 0.0978. The molecule has 1 atom stereocenters. The molecule has 0 aliphatic rings. The smallest absolute Gasteiger partial charge is 0.407 e. The van der Waals surface area contributed by atoms with Gasteiger partial charge >= 0.3 is 12.1 Å². The molecule has 2 aromatic carbocycles. The summed E-state index contributed by atoms with van der Waals surface area (Å²) in [5.74, 6) is -1.05. The van der Waals surface area contributed by atoms with Crippen LogP contribution in [0.4, 0.5) is 4.79 Å². The Balaban J connectivity index is 2.05. The number of hydrogen-bond donors (Lipinski definition) is 2. The first-order valence-corrected chi connectivity index (χ1v) is 8.27. The quantitative estimate of drug-likeness (QED) is 0.730. The topological polar surface area (TPSA) is 75.6 Å². The lowest BCUT2D eigenvalue weighted by molar-refractivity contribution is -0.137. The van der Waals surface area contributed by atoms with Crippen molar-refractivity contribution in [3.05, 3.63) is 69.2 Å². The molecule has 2 rings (SSSR count). The lowest BCUT2D eigenvalue weighted by Gasteiger charge is -2.18. The van der Waals surface area contributed by atoms with Crippen molar-refractivity contribution in [2.45, 2.75) is 19.1 Å². The summed E-state index contributed by atoms with van der Waals surface area (Å²) in [6, 6.07) is 13.4. The van der Waals surface area contributed by atoms with Crippen LogP contribution >= 0.6 is 27.5 Å². The van der Waals surface area contributed by atoms with Crippen LogP contribution in [0.1, 0.15) is 23.6 Å². The fourth-order valence-electron chi connectivity index (χ4n) is 2.10. The summed E-state index contributed by atoms with van der Waals surface area (Å²) in [5, 5.41) is 12.0. The second-order valence-electron chi connectivity index (χ2n) is 5.02. The van der Waals surface area contributed by atoms with Gasteiger partial charge in [0.15, 0.2) is 0 Å². The Bertz CT molecular complexity index is 724. The number of alkyl carbamates (subject to hydrolysis) is 1. The van der Waals surface area contributed by atoms with E-state index in [1.54, 1.807) is 18.2 Å². The predicted octanol–water partition coefficient (Wildman–Crippen LogP) is 4.54. The summed E-state index contributed by atoms with van der Waals surface area (Å²) in [4.78, 5) is 23.1. The molecule has 0 unspecified atom stereocenters. The highest BCUT2D eigenvalue weighted by Crippen LogP contribution is 2.28. The van der Waals surface area contributed by atoms with Crippen LogP contribution in [0, 0.1) is 0 Å². The van der Waals surface area contributed by atoms with Gasteiger partial charge in [-0.15, -0.1) is 0 Å². The first-order valence-electron chi connectivity index (χ1n) is 7.09. The number of carbonyl (C=O) groups excluding carboxylic acids is 1. The largest absolute Gasteiger partial charge is 0.481 e. The van der Waals surface area contributed by atoms with E-state index < -0.39 is 18.1 Å². The molecule has 0 saturated carbocycles. The predicted molar refractivity (Wildman–Crippen MR) is 93.9 cm³/mol. The number of amides is 1. The van der Waals surface area contributed by atoms with Crippen LogP contribution in [0.5, 0.6) is 0 Å². The van der Waals surface area contributed by atoms with Crippen molar-refractivity contribution in [3.8, 4) is 0 Å². The molecule has 2 N–H and O–H groups in total. The molecule has 0 bridgehead atoms. The van der Waals surface area contributed by atoms with Crippen molar-refractivity contribution < 1.29 is 19.4 Å². The fraction of sp³-hybridized carbons (Fsp3) is 0.176. The summed E-state index contributed by atoms with van der Waals surface area (Å²) in [7, 11) is 0. The van der Waals surface area contributed by atoms with Gasteiger partial charge in [-0.2, -0.15) is 0 Å². The standard InChI is InChI=1S/C17H15BrClNO4/c18-12-6-7-13(14(19)8-12)15(9-16(21)22)20-17(23)24-10-11-4-2-1-3-5-11/h1-8,15H,9-10H2,(H,20,23)(H,21,22)/t15-/m0/s1. The molecule has 1 amide bonds. The van der Waals surface area contributed by atoms with Crippen molar-refractivity contribution in [1.82, 2.24) is 5.32 Å². The van der Waals surface area contributed by atoms with Crippen LogP contribution in [-0.4, -0.2) is 17.2 Å². The van der Waals surface area contributed by atoms with Gasteiger partial charge in [0.25, 0.3) is 0 Å². The third-order valence-corrected chi connectivity index (χ3v) is 4.04. The molecule has 0 aliphatic heterocycles. The molecule has 0 spiro atoms. The van der Waals surface area contributed by atoms with Gasteiger partial charge in [-0.1, -0.05) is 63.9 Å². The average Bonchev–Trinajstić information content (AvgIpc) is 2.53. The number of rotatable bonds is 6. The maximum Gasteiger partial charge on any atom is 0.407 e. The Morgan fingerprint density at radius 2 is 1.92 bits per heavy atom. The highest BCUT2D eigenvalue weighted by Gasteiger charge is 2.21.